The molecule has 0 saturated heterocycles. The van der Waals surface area contributed by atoms with Crippen LogP contribution in [-0.2, 0) is 0 Å². The molecule has 4 aromatic rings. The zero-order chi connectivity index (χ0) is 24.8. The Morgan fingerprint density at radius 2 is 1.71 bits per heavy atom. The Morgan fingerprint density at radius 3 is 2.49 bits per heavy atom. The van der Waals surface area contributed by atoms with Crippen LogP contribution in [0.4, 0.5) is 4.79 Å². The molecule has 1 aromatic heterocycles. The Balaban J connectivity index is 1.43. The fraction of sp³-hybridized carbons (Fsp3) is 0.276. The molecule has 5 nitrogen and oxygen atoms in total. The molecule has 0 spiro atoms. The number of rotatable bonds is 9. The van der Waals surface area contributed by atoms with Crippen LogP contribution in [0.15, 0.2) is 84.2 Å². The second-order valence-electron chi connectivity index (χ2n) is 8.89. The lowest BCUT2D eigenvalue weighted by Crippen LogP contribution is -2.32. The van der Waals surface area contributed by atoms with Crippen LogP contribution in [0.5, 0.6) is 11.5 Å². The van der Waals surface area contributed by atoms with E-state index in [1.54, 1.807) is 23.3 Å². The smallest absolute Gasteiger partial charge is 0.414 e. The van der Waals surface area contributed by atoms with E-state index in [4.69, 9.17) is 9.47 Å². The number of benzene rings is 3. The molecule has 3 aromatic carbocycles. The predicted octanol–water partition coefficient (Wildman–Crippen LogP) is 7.16. The number of ether oxygens (including phenoxy) is 2. The van der Waals surface area contributed by atoms with Crippen molar-refractivity contribution in [3.8, 4) is 11.5 Å². The van der Waals surface area contributed by atoms with E-state index in [1.165, 1.54) is 0 Å². The highest BCUT2D eigenvalue weighted by Crippen LogP contribution is 2.33. The first kappa shape index (κ1) is 24.8. The van der Waals surface area contributed by atoms with E-state index >= 15 is 0 Å². The summed E-state index contributed by atoms with van der Waals surface area (Å²) < 4.78 is 12.2. The monoisotopic (exact) mass is 488 g/mol. The minimum atomic E-state index is -0.380. The molecule has 0 aliphatic rings. The second kappa shape index (κ2) is 11.4. The Kier molecular flexibility index (Phi) is 8.06. The van der Waals surface area contributed by atoms with Crippen LogP contribution >= 0.6 is 11.3 Å². The van der Waals surface area contributed by atoms with Crippen LogP contribution in [0, 0.1) is 0 Å². The van der Waals surface area contributed by atoms with Gasteiger partial charge in [0.1, 0.15) is 17.6 Å². The van der Waals surface area contributed by atoms with E-state index in [1.807, 2.05) is 68.7 Å². The van der Waals surface area contributed by atoms with E-state index in [-0.39, 0.29) is 18.2 Å². The van der Waals surface area contributed by atoms with Gasteiger partial charge in [0.2, 0.25) is 0 Å². The summed E-state index contributed by atoms with van der Waals surface area (Å²) in [6.45, 7) is 2.62. The number of hydrogen-bond acceptors (Lipinski definition) is 5. The van der Waals surface area contributed by atoms with Crippen molar-refractivity contribution in [3.05, 3.63) is 94.7 Å². The summed E-state index contributed by atoms with van der Waals surface area (Å²) in [7, 11) is 5.82. The zero-order valence-corrected chi connectivity index (χ0v) is 21.5. The third-order valence-corrected chi connectivity index (χ3v) is 7.20. The predicted molar refractivity (Wildman–Crippen MR) is 143 cm³/mol. The molecule has 1 heterocycles. The number of carbonyl (C=O) groups is 1. The third kappa shape index (κ3) is 6.21. The quantitative estimate of drug-likeness (QED) is 0.251. The second-order valence-corrected chi connectivity index (χ2v) is 9.87. The number of carbonyl (C=O) groups excluding carboxylic acids is 1. The Hall–Kier alpha value is -3.35. The van der Waals surface area contributed by atoms with Crippen LogP contribution < -0.4 is 9.47 Å². The van der Waals surface area contributed by atoms with Crippen molar-refractivity contribution in [1.29, 1.82) is 0 Å². The molecule has 0 saturated carbocycles. The lowest BCUT2D eigenvalue weighted by atomic mass is 10.1. The third-order valence-electron chi connectivity index (χ3n) is 6.24. The number of amides is 1. The maximum absolute atomic E-state index is 12.8. The molecule has 4 rings (SSSR count). The van der Waals surface area contributed by atoms with Gasteiger partial charge in [-0.2, -0.15) is 0 Å². The van der Waals surface area contributed by atoms with Crippen LogP contribution in [0.1, 0.15) is 35.9 Å². The molecular formula is C29H32N2O3S. The maximum atomic E-state index is 12.8. The first-order valence-corrected chi connectivity index (χ1v) is 12.7. The largest absolute Gasteiger partial charge is 0.484 e. The lowest BCUT2D eigenvalue weighted by Gasteiger charge is -2.23. The highest BCUT2D eigenvalue weighted by molar-refractivity contribution is 7.10. The van der Waals surface area contributed by atoms with Crippen molar-refractivity contribution in [2.75, 3.05) is 27.7 Å². The summed E-state index contributed by atoms with van der Waals surface area (Å²) in [5, 5.41) is 4.27. The van der Waals surface area contributed by atoms with E-state index in [0.717, 1.165) is 27.0 Å². The van der Waals surface area contributed by atoms with Crippen LogP contribution in [-0.4, -0.2) is 43.6 Å². The highest BCUT2D eigenvalue weighted by atomic mass is 32.1. The molecule has 1 amide bonds. The van der Waals surface area contributed by atoms with E-state index < -0.39 is 0 Å². The van der Waals surface area contributed by atoms with Gasteiger partial charge in [-0.1, -0.05) is 54.6 Å². The number of thiophene rings is 1. The van der Waals surface area contributed by atoms with Crippen molar-refractivity contribution in [2.45, 2.75) is 25.5 Å². The van der Waals surface area contributed by atoms with Gasteiger partial charge in [-0.3, -0.25) is 0 Å². The van der Waals surface area contributed by atoms with Gasteiger partial charge in [-0.15, -0.1) is 11.3 Å². The van der Waals surface area contributed by atoms with Gasteiger partial charge in [-0.25, -0.2) is 4.79 Å². The van der Waals surface area contributed by atoms with Crippen LogP contribution in [0.25, 0.3) is 10.8 Å². The average Bonchev–Trinajstić information content (AvgIpc) is 3.41. The topological polar surface area (TPSA) is 42.0 Å². The number of nitrogens with zero attached hydrogens (tertiary/aromatic N) is 2. The number of fused-ring (bicyclic) bond motifs is 1. The normalized spacial score (nSPS) is 12.9. The summed E-state index contributed by atoms with van der Waals surface area (Å²) >= 11 is 1.66. The lowest BCUT2D eigenvalue weighted by molar-refractivity contribution is 0.147. The van der Waals surface area contributed by atoms with Crippen molar-refractivity contribution in [3.63, 3.8) is 0 Å². The van der Waals surface area contributed by atoms with Crippen molar-refractivity contribution in [2.24, 2.45) is 0 Å². The summed E-state index contributed by atoms with van der Waals surface area (Å²) in [6, 6.07) is 26.3. The molecule has 0 bridgehead atoms. The van der Waals surface area contributed by atoms with Crippen LogP contribution in [0.3, 0.4) is 0 Å². The molecule has 0 aliphatic carbocycles. The highest BCUT2D eigenvalue weighted by Gasteiger charge is 2.20. The molecule has 2 atom stereocenters. The molecule has 35 heavy (non-hydrogen) atoms. The molecule has 0 radical (unpaired) electrons. The summed E-state index contributed by atoms with van der Waals surface area (Å²) in [6.07, 6.45) is 0.0996. The van der Waals surface area contributed by atoms with Crippen molar-refractivity contribution >= 4 is 28.2 Å². The van der Waals surface area contributed by atoms with Gasteiger partial charge >= 0.3 is 6.09 Å². The SMILES string of the molecule is CC(c1cccc(OC(=O)N(C)CCC(Oc2cccc3ccccc23)c2cccs2)c1)N(C)C. The molecule has 182 valence electrons. The zero-order valence-electron chi connectivity index (χ0n) is 20.7. The molecule has 6 heteroatoms. The van der Waals surface area contributed by atoms with Gasteiger partial charge in [0.05, 0.1) is 0 Å². The molecule has 0 aliphatic heterocycles. The molecule has 2 unspecified atom stereocenters. The molecular weight excluding hydrogens is 456 g/mol. The minimum absolute atomic E-state index is 0.166. The van der Waals surface area contributed by atoms with Gasteiger partial charge < -0.3 is 19.3 Å². The van der Waals surface area contributed by atoms with Gasteiger partial charge in [0.25, 0.3) is 0 Å². The van der Waals surface area contributed by atoms with Gasteiger partial charge in [-0.05, 0) is 61.6 Å². The summed E-state index contributed by atoms with van der Waals surface area (Å²) in [5.74, 6) is 1.40. The van der Waals surface area contributed by atoms with Gasteiger partial charge in [0, 0.05) is 36.3 Å². The fourth-order valence-corrected chi connectivity index (χ4v) is 4.69. The molecule has 0 fully saturated rings. The van der Waals surface area contributed by atoms with Crippen molar-refractivity contribution in [1.82, 2.24) is 9.80 Å². The Bertz CT molecular complexity index is 1250. The van der Waals surface area contributed by atoms with Crippen molar-refractivity contribution < 1.29 is 14.3 Å². The van der Waals surface area contributed by atoms with Crippen LogP contribution in [0.2, 0.25) is 0 Å². The van der Waals surface area contributed by atoms with Gasteiger partial charge in [0.15, 0.2) is 0 Å². The Labute approximate surface area is 211 Å². The fourth-order valence-electron chi connectivity index (χ4n) is 3.90. The average molecular weight is 489 g/mol. The Morgan fingerprint density at radius 1 is 0.943 bits per heavy atom. The number of hydrogen-bond donors (Lipinski definition) is 0. The minimum Gasteiger partial charge on any atom is -0.484 e. The van der Waals surface area contributed by atoms with E-state index in [2.05, 4.69) is 41.5 Å². The molecule has 0 N–H and O–H groups in total. The first-order chi connectivity index (χ1) is 16.9. The first-order valence-electron chi connectivity index (χ1n) is 11.8. The van der Waals surface area contributed by atoms with E-state index in [0.29, 0.717) is 18.7 Å². The maximum Gasteiger partial charge on any atom is 0.414 e. The van der Waals surface area contributed by atoms with E-state index in [9.17, 15) is 4.79 Å². The standard InChI is InChI=1S/C29H32N2O3S/c1-21(30(2)3)23-12-7-13-24(20-23)33-29(32)31(4)18-17-27(28-16-9-19-35-28)34-26-15-8-11-22-10-5-6-14-25(22)26/h5-16,19-21,27H,17-18H2,1-4H3. The summed E-state index contributed by atoms with van der Waals surface area (Å²) in [4.78, 5) is 17.7. The summed E-state index contributed by atoms with van der Waals surface area (Å²) in [5.41, 5.74) is 1.10.